The van der Waals surface area contributed by atoms with Gasteiger partial charge in [-0.1, -0.05) is 54.1 Å². The van der Waals surface area contributed by atoms with Crippen LogP contribution in [-0.4, -0.2) is 18.4 Å². The maximum atomic E-state index is 12.1. The molecule has 0 aliphatic carbocycles. The molecule has 3 rings (SSSR count). The van der Waals surface area contributed by atoms with E-state index in [9.17, 15) is 9.59 Å². The largest absolute Gasteiger partial charge is 0.426 e. The topological polar surface area (TPSA) is 55.4 Å². The van der Waals surface area contributed by atoms with E-state index in [0.29, 0.717) is 11.3 Å². The molecule has 4 heteroatoms. The quantitative estimate of drug-likeness (QED) is 0.569. The van der Waals surface area contributed by atoms with Crippen molar-refractivity contribution in [1.29, 1.82) is 0 Å². The minimum Gasteiger partial charge on any atom is -0.426 e. The van der Waals surface area contributed by atoms with Crippen LogP contribution in [0.1, 0.15) is 22.3 Å². The summed E-state index contributed by atoms with van der Waals surface area (Å²) in [4.78, 5) is 24.1. The van der Waals surface area contributed by atoms with Crippen LogP contribution < -0.4 is 10.1 Å². The third kappa shape index (κ3) is 4.23. The van der Waals surface area contributed by atoms with E-state index in [2.05, 4.69) is 5.32 Å². The number of amides is 1. The SMILES string of the molecule is Cc1cccc(C(=O)NCCC(=O)Oc2cccc3ccccc23)c1. The maximum absolute atomic E-state index is 12.1. The lowest BCUT2D eigenvalue weighted by atomic mass is 10.1. The second-order valence-electron chi connectivity index (χ2n) is 5.83. The molecule has 0 heterocycles. The number of fused-ring (bicyclic) bond motifs is 1. The molecule has 3 aromatic rings. The highest BCUT2D eigenvalue weighted by Gasteiger charge is 2.10. The van der Waals surface area contributed by atoms with Gasteiger partial charge in [-0.15, -0.1) is 0 Å². The highest BCUT2D eigenvalue weighted by Crippen LogP contribution is 2.25. The van der Waals surface area contributed by atoms with Crippen molar-refractivity contribution in [2.75, 3.05) is 6.54 Å². The average molecular weight is 333 g/mol. The predicted octanol–water partition coefficient (Wildman–Crippen LogP) is 3.87. The van der Waals surface area contributed by atoms with Crippen LogP contribution in [0.5, 0.6) is 5.75 Å². The summed E-state index contributed by atoms with van der Waals surface area (Å²) in [5.41, 5.74) is 1.60. The predicted molar refractivity (Wildman–Crippen MR) is 97.7 cm³/mol. The first-order chi connectivity index (χ1) is 12.1. The minimum absolute atomic E-state index is 0.112. The fraction of sp³-hybridized carbons (Fsp3) is 0.143. The Morgan fingerprint density at radius 2 is 1.72 bits per heavy atom. The lowest BCUT2D eigenvalue weighted by molar-refractivity contribution is -0.134. The summed E-state index contributed by atoms with van der Waals surface area (Å²) in [6.45, 7) is 2.16. The molecule has 0 aliphatic heterocycles. The average Bonchev–Trinajstić information content (AvgIpc) is 2.62. The smallest absolute Gasteiger partial charge is 0.312 e. The molecule has 0 spiro atoms. The van der Waals surface area contributed by atoms with Crippen molar-refractivity contribution in [3.63, 3.8) is 0 Å². The standard InChI is InChI=1S/C21H19NO3/c1-15-6-4-9-17(14-15)21(24)22-13-12-20(23)25-19-11-5-8-16-7-2-3-10-18(16)19/h2-11,14H,12-13H2,1H3,(H,22,24). The molecule has 0 unspecified atom stereocenters. The highest BCUT2D eigenvalue weighted by atomic mass is 16.5. The van der Waals surface area contributed by atoms with Crippen molar-refractivity contribution >= 4 is 22.6 Å². The summed E-state index contributed by atoms with van der Waals surface area (Å²) in [6, 6.07) is 20.6. The molecule has 4 nitrogen and oxygen atoms in total. The molecular weight excluding hydrogens is 314 g/mol. The second-order valence-corrected chi connectivity index (χ2v) is 5.83. The molecule has 1 N–H and O–H groups in total. The van der Waals surface area contributed by atoms with E-state index in [0.717, 1.165) is 16.3 Å². The molecule has 0 saturated heterocycles. The van der Waals surface area contributed by atoms with Gasteiger partial charge in [-0.25, -0.2) is 0 Å². The van der Waals surface area contributed by atoms with E-state index in [-0.39, 0.29) is 24.8 Å². The van der Waals surface area contributed by atoms with E-state index in [1.165, 1.54) is 0 Å². The van der Waals surface area contributed by atoms with Crippen LogP contribution in [0.4, 0.5) is 0 Å². The number of aryl methyl sites for hydroxylation is 1. The first-order valence-electron chi connectivity index (χ1n) is 8.17. The van der Waals surface area contributed by atoms with Crippen LogP contribution in [0.3, 0.4) is 0 Å². The molecule has 0 atom stereocenters. The van der Waals surface area contributed by atoms with Crippen LogP contribution in [0.15, 0.2) is 66.7 Å². The summed E-state index contributed by atoms with van der Waals surface area (Å²) in [7, 11) is 0. The van der Waals surface area contributed by atoms with E-state index in [4.69, 9.17) is 4.74 Å². The fourth-order valence-electron chi connectivity index (χ4n) is 2.62. The third-order valence-corrected chi connectivity index (χ3v) is 3.87. The first-order valence-corrected chi connectivity index (χ1v) is 8.17. The minimum atomic E-state index is -0.374. The molecule has 3 aromatic carbocycles. The number of hydrogen-bond acceptors (Lipinski definition) is 3. The Morgan fingerprint density at radius 1 is 0.960 bits per heavy atom. The van der Waals surface area contributed by atoms with E-state index in [1.807, 2.05) is 61.5 Å². The van der Waals surface area contributed by atoms with Gasteiger partial charge in [0.1, 0.15) is 5.75 Å². The van der Waals surface area contributed by atoms with Crippen LogP contribution in [0.25, 0.3) is 10.8 Å². The zero-order valence-electron chi connectivity index (χ0n) is 14.0. The van der Waals surface area contributed by atoms with Crippen molar-refractivity contribution in [3.8, 4) is 5.75 Å². The Hall–Kier alpha value is -3.14. The molecule has 0 aromatic heterocycles. The molecule has 0 aliphatic rings. The highest BCUT2D eigenvalue weighted by molar-refractivity contribution is 5.94. The van der Waals surface area contributed by atoms with Crippen molar-refractivity contribution in [2.45, 2.75) is 13.3 Å². The number of benzene rings is 3. The Balaban J connectivity index is 1.55. The van der Waals surface area contributed by atoms with Gasteiger partial charge in [-0.05, 0) is 30.5 Å². The molecule has 0 fully saturated rings. The number of carbonyl (C=O) groups is 2. The number of ether oxygens (including phenoxy) is 1. The van der Waals surface area contributed by atoms with Crippen LogP contribution >= 0.6 is 0 Å². The monoisotopic (exact) mass is 333 g/mol. The maximum Gasteiger partial charge on any atom is 0.312 e. The van der Waals surface area contributed by atoms with Crippen molar-refractivity contribution in [3.05, 3.63) is 77.9 Å². The third-order valence-electron chi connectivity index (χ3n) is 3.87. The lowest BCUT2D eigenvalue weighted by Gasteiger charge is -2.08. The number of carbonyl (C=O) groups excluding carboxylic acids is 2. The lowest BCUT2D eigenvalue weighted by Crippen LogP contribution is -2.27. The normalized spacial score (nSPS) is 10.4. The van der Waals surface area contributed by atoms with Gasteiger partial charge >= 0.3 is 5.97 Å². The van der Waals surface area contributed by atoms with Gasteiger partial charge in [0.2, 0.25) is 0 Å². The molecule has 0 radical (unpaired) electrons. The summed E-state index contributed by atoms with van der Waals surface area (Å²) < 4.78 is 5.44. The van der Waals surface area contributed by atoms with Gasteiger partial charge in [-0.2, -0.15) is 0 Å². The first kappa shape index (κ1) is 16.7. The Morgan fingerprint density at radius 3 is 2.56 bits per heavy atom. The zero-order valence-corrected chi connectivity index (χ0v) is 14.0. The van der Waals surface area contributed by atoms with Crippen molar-refractivity contribution in [2.24, 2.45) is 0 Å². The molecular formula is C21H19NO3. The zero-order chi connectivity index (χ0) is 17.6. The molecule has 126 valence electrons. The van der Waals surface area contributed by atoms with Gasteiger partial charge in [-0.3, -0.25) is 9.59 Å². The van der Waals surface area contributed by atoms with Crippen LogP contribution in [-0.2, 0) is 4.79 Å². The molecule has 0 saturated carbocycles. The van der Waals surface area contributed by atoms with E-state index in [1.54, 1.807) is 12.1 Å². The van der Waals surface area contributed by atoms with Gasteiger partial charge in [0.15, 0.2) is 0 Å². The van der Waals surface area contributed by atoms with Crippen LogP contribution in [0.2, 0.25) is 0 Å². The van der Waals surface area contributed by atoms with E-state index >= 15 is 0 Å². The van der Waals surface area contributed by atoms with Gasteiger partial charge in [0, 0.05) is 17.5 Å². The molecule has 1 amide bonds. The summed E-state index contributed by atoms with van der Waals surface area (Å²) >= 11 is 0. The number of esters is 1. The van der Waals surface area contributed by atoms with E-state index < -0.39 is 0 Å². The second kappa shape index (κ2) is 7.62. The number of hydrogen-bond donors (Lipinski definition) is 1. The Kier molecular flexibility index (Phi) is 5.09. The van der Waals surface area contributed by atoms with Crippen molar-refractivity contribution in [1.82, 2.24) is 5.32 Å². The van der Waals surface area contributed by atoms with Gasteiger partial charge in [0.25, 0.3) is 5.91 Å². The van der Waals surface area contributed by atoms with Gasteiger partial charge in [0.05, 0.1) is 6.42 Å². The van der Waals surface area contributed by atoms with Crippen molar-refractivity contribution < 1.29 is 14.3 Å². The number of rotatable bonds is 5. The van der Waals surface area contributed by atoms with Gasteiger partial charge < -0.3 is 10.1 Å². The Labute approximate surface area is 146 Å². The molecule has 0 bridgehead atoms. The fourth-order valence-corrected chi connectivity index (χ4v) is 2.62. The summed E-state index contributed by atoms with van der Waals surface area (Å²) in [5.74, 6) is -0.0318. The number of nitrogens with one attached hydrogen (secondary N) is 1. The summed E-state index contributed by atoms with van der Waals surface area (Å²) in [6.07, 6.45) is 0.112. The Bertz CT molecular complexity index is 912. The summed E-state index contributed by atoms with van der Waals surface area (Å²) in [5, 5.41) is 4.65. The van der Waals surface area contributed by atoms with Crippen LogP contribution in [0, 0.1) is 6.92 Å². The molecule has 25 heavy (non-hydrogen) atoms.